The van der Waals surface area contributed by atoms with Crippen LogP contribution in [-0.4, -0.2) is 16.8 Å². The van der Waals surface area contributed by atoms with Gasteiger partial charge in [-0.05, 0) is 29.5 Å². The Kier molecular flexibility index (Phi) is 4.98. The van der Waals surface area contributed by atoms with Crippen molar-refractivity contribution in [1.29, 1.82) is 0 Å². The van der Waals surface area contributed by atoms with Crippen molar-refractivity contribution in [2.24, 2.45) is 11.7 Å². The average Bonchev–Trinajstić information content (AvgIpc) is 3.09. The predicted octanol–water partition coefficient (Wildman–Crippen LogP) is 2.85. The van der Waals surface area contributed by atoms with Crippen LogP contribution < -0.4 is 5.73 Å². The smallest absolute Gasteiger partial charge is 0.240 e. The number of carbonyl (C=O) groups excluding carboxylic acids is 1. The van der Waals surface area contributed by atoms with Gasteiger partial charge >= 0.3 is 0 Å². The third-order valence-electron chi connectivity index (χ3n) is 3.17. The molecule has 2 N–H and O–H groups in total. The van der Waals surface area contributed by atoms with Crippen LogP contribution in [-0.2, 0) is 17.9 Å². The Morgan fingerprint density at radius 1 is 1.35 bits per heavy atom. The Labute approximate surface area is 123 Å². The Hall–Kier alpha value is -1.59. The highest BCUT2D eigenvalue weighted by atomic mass is 32.1. The highest BCUT2D eigenvalue weighted by molar-refractivity contribution is 7.09. The molecule has 1 atom stereocenters. The maximum Gasteiger partial charge on any atom is 0.240 e. The molecule has 0 aliphatic rings. The topological polar surface area (TPSA) is 59.5 Å². The summed E-state index contributed by atoms with van der Waals surface area (Å²) in [5.41, 5.74) is 6.00. The summed E-state index contributed by atoms with van der Waals surface area (Å²) < 4.78 is 5.34. The van der Waals surface area contributed by atoms with Gasteiger partial charge in [-0.2, -0.15) is 0 Å². The minimum absolute atomic E-state index is 0.0372. The molecule has 5 heteroatoms. The summed E-state index contributed by atoms with van der Waals surface area (Å²) in [6, 6.07) is 7.22. The van der Waals surface area contributed by atoms with Crippen LogP contribution in [0.1, 0.15) is 24.5 Å². The van der Waals surface area contributed by atoms with Gasteiger partial charge in [-0.3, -0.25) is 4.79 Å². The molecule has 2 aromatic rings. The first kappa shape index (κ1) is 14.8. The second-order valence-corrected chi connectivity index (χ2v) is 6.16. The zero-order valence-corrected chi connectivity index (χ0v) is 12.6. The average molecular weight is 292 g/mol. The summed E-state index contributed by atoms with van der Waals surface area (Å²) in [6.07, 6.45) is 1.62. The minimum Gasteiger partial charge on any atom is -0.467 e. The molecule has 20 heavy (non-hydrogen) atoms. The van der Waals surface area contributed by atoms with Crippen molar-refractivity contribution in [3.8, 4) is 0 Å². The van der Waals surface area contributed by atoms with E-state index in [4.69, 9.17) is 10.2 Å². The van der Waals surface area contributed by atoms with Gasteiger partial charge in [-0.15, -0.1) is 11.3 Å². The van der Waals surface area contributed by atoms with Crippen LogP contribution in [0.4, 0.5) is 0 Å². The summed E-state index contributed by atoms with van der Waals surface area (Å²) in [5, 5.41) is 2.01. The van der Waals surface area contributed by atoms with Crippen molar-refractivity contribution in [2.45, 2.75) is 33.0 Å². The number of carbonyl (C=O) groups is 1. The molecule has 0 radical (unpaired) electrons. The fourth-order valence-electron chi connectivity index (χ4n) is 1.89. The first-order valence-corrected chi connectivity index (χ1v) is 7.55. The molecule has 2 rings (SSSR count). The van der Waals surface area contributed by atoms with E-state index in [1.807, 2.05) is 43.5 Å². The first-order chi connectivity index (χ1) is 9.58. The summed E-state index contributed by atoms with van der Waals surface area (Å²) in [4.78, 5) is 15.4. The molecule has 2 heterocycles. The third kappa shape index (κ3) is 3.71. The Morgan fingerprint density at radius 2 is 2.15 bits per heavy atom. The second kappa shape index (κ2) is 6.72. The van der Waals surface area contributed by atoms with E-state index in [0.29, 0.717) is 13.1 Å². The van der Waals surface area contributed by atoms with E-state index in [1.54, 1.807) is 22.5 Å². The molecule has 1 unspecified atom stereocenters. The fraction of sp³-hybridized carbons (Fsp3) is 0.400. The van der Waals surface area contributed by atoms with E-state index in [2.05, 4.69) is 0 Å². The van der Waals surface area contributed by atoms with E-state index < -0.39 is 6.04 Å². The molecule has 0 spiro atoms. The number of hydrogen-bond donors (Lipinski definition) is 1. The van der Waals surface area contributed by atoms with Gasteiger partial charge in [0.2, 0.25) is 5.91 Å². The van der Waals surface area contributed by atoms with Crippen LogP contribution in [0, 0.1) is 5.92 Å². The molecule has 0 fully saturated rings. The SMILES string of the molecule is CC(C)C(N)C(=O)N(Cc1ccco1)Cc1cccs1. The van der Waals surface area contributed by atoms with Gasteiger partial charge in [-0.25, -0.2) is 0 Å². The highest BCUT2D eigenvalue weighted by Crippen LogP contribution is 2.16. The van der Waals surface area contributed by atoms with Crippen LogP contribution in [0.15, 0.2) is 40.3 Å². The number of hydrogen-bond acceptors (Lipinski definition) is 4. The molecule has 4 nitrogen and oxygen atoms in total. The lowest BCUT2D eigenvalue weighted by molar-refractivity contribution is -0.135. The maximum atomic E-state index is 12.5. The zero-order valence-electron chi connectivity index (χ0n) is 11.8. The standard InChI is InChI=1S/C15H20N2O2S/c1-11(2)14(16)15(18)17(9-12-5-3-7-19-12)10-13-6-4-8-20-13/h3-8,11,14H,9-10,16H2,1-2H3. The van der Waals surface area contributed by atoms with Crippen molar-refractivity contribution in [2.75, 3.05) is 0 Å². The van der Waals surface area contributed by atoms with Gasteiger partial charge < -0.3 is 15.1 Å². The van der Waals surface area contributed by atoms with E-state index in [0.717, 1.165) is 10.6 Å². The van der Waals surface area contributed by atoms with Crippen LogP contribution >= 0.6 is 11.3 Å². The van der Waals surface area contributed by atoms with Crippen molar-refractivity contribution >= 4 is 17.2 Å². The maximum absolute atomic E-state index is 12.5. The predicted molar refractivity (Wildman–Crippen MR) is 80.1 cm³/mol. The molecular formula is C15H20N2O2S. The lowest BCUT2D eigenvalue weighted by atomic mass is 10.0. The fourth-order valence-corrected chi connectivity index (χ4v) is 2.61. The summed E-state index contributed by atoms with van der Waals surface area (Å²) in [7, 11) is 0. The molecule has 0 bridgehead atoms. The second-order valence-electron chi connectivity index (χ2n) is 5.12. The van der Waals surface area contributed by atoms with Crippen LogP contribution in [0.2, 0.25) is 0 Å². The number of rotatable bonds is 6. The normalized spacial score (nSPS) is 12.6. The Balaban J connectivity index is 2.12. The lowest BCUT2D eigenvalue weighted by Gasteiger charge is -2.26. The number of thiophene rings is 1. The number of amides is 1. The minimum atomic E-state index is -0.482. The quantitative estimate of drug-likeness (QED) is 0.890. The lowest BCUT2D eigenvalue weighted by Crippen LogP contribution is -2.45. The van der Waals surface area contributed by atoms with Crippen LogP contribution in [0.5, 0.6) is 0 Å². The van der Waals surface area contributed by atoms with E-state index in [9.17, 15) is 4.79 Å². The van der Waals surface area contributed by atoms with Gasteiger partial charge in [0, 0.05) is 4.88 Å². The molecule has 0 saturated heterocycles. The van der Waals surface area contributed by atoms with Gasteiger partial charge in [-0.1, -0.05) is 19.9 Å². The van der Waals surface area contributed by atoms with Gasteiger partial charge in [0.15, 0.2) is 0 Å². The number of nitrogens with zero attached hydrogens (tertiary/aromatic N) is 1. The van der Waals surface area contributed by atoms with Gasteiger partial charge in [0.1, 0.15) is 5.76 Å². The monoisotopic (exact) mass is 292 g/mol. The molecule has 2 aromatic heterocycles. The summed E-state index contributed by atoms with van der Waals surface area (Å²) in [6.45, 7) is 4.93. The summed E-state index contributed by atoms with van der Waals surface area (Å²) >= 11 is 1.64. The number of furan rings is 1. The molecule has 0 saturated carbocycles. The summed E-state index contributed by atoms with van der Waals surface area (Å²) in [5.74, 6) is 0.848. The van der Waals surface area contributed by atoms with Gasteiger partial charge in [0.05, 0.1) is 25.4 Å². The number of nitrogens with two attached hydrogens (primary N) is 1. The van der Waals surface area contributed by atoms with Crippen LogP contribution in [0.3, 0.4) is 0 Å². The van der Waals surface area contributed by atoms with Crippen molar-refractivity contribution < 1.29 is 9.21 Å². The molecule has 1 amide bonds. The van der Waals surface area contributed by atoms with Crippen molar-refractivity contribution in [3.63, 3.8) is 0 Å². The molecule has 0 aromatic carbocycles. The van der Waals surface area contributed by atoms with E-state index in [-0.39, 0.29) is 11.8 Å². The Bertz CT molecular complexity index is 484. The zero-order chi connectivity index (χ0) is 14.5. The molecule has 0 aliphatic carbocycles. The Morgan fingerprint density at radius 3 is 2.70 bits per heavy atom. The molecular weight excluding hydrogens is 272 g/mol. The van der Waals surface area contributed by atoms with E-state index >= 15 is 0 Å². The molecule has 108 valence electrons. The van der Waals surface area contributed by atoms with Gasteiger partial charge in [0.25, 0.3) is 0 Å². The van der Waals surface area contributed by atoms with E-state index in [1.165, 1.54) is 0 Å². The largest absolute Gasteiger partial charge is 0.467 e. The third-order valence-corrected chi connectivity index (χ3v) is 4.03. The highest BCUT2D eigenvalue weighted by Gasteiger charge is 2.24. The van der Waals surface area contributed by atoms with Crippen molar-refractivity contribution in [3.05, 3.63) is 46.5 Å². The molecule has 0 aliphatic heterocycles. The van der Waals surface area contributed by atoms with Crippen molar-refractivity contribution in [1.82, 2.24) is 4.90 Å². The van der Waals surface area contributed by atoms with Crippen LogP contribution in [0.25, 0.3) is 0 Å². The first-order valence-electron chi connectivity index (χ1n) is 6.67.